The number of anilines is 1. The van der Waals surface area contributed by atoms with Crippen LogP contribution in [0.25, 0.3) is 28.0 Å². The van der Waals surface area contributed by atoms with Crippen molar-refractivity contribution >= 4 is 44.2 Å². The number of sulfone groups is 1. The number of hydrogen-bond donors (Lipinski definition) is 1. The second kappa shape index (κ2) is 11.3. The zero-order valence-corrected chi connectivity index (χ0v) is 26.4. The fraction of sp³-hybridized carbons (Fsp3) is 0.312. The number of para-hydroxylation sites is 1. The van der Waals surface area contributed by atoms with Gasteiger partial charge < -0.3 is 14.9 Å². The molecule has 1 saturated heterocycles. The van der Waals surface area contributed by atoms with Crippen LogP contribution in [0.3, 0.4) is 0 Å². The summed E-state index contributed by atoms with van der Waals surface area (Å²) in [6.45, 7) is 7.99. The summed E-state index contributed by atoms with van der Waals surface area (Å²) in [5, 5.41) is 10.9. The molecule has 1 saturated carbocycles. The SMILES string of the molecule is C=CC(=O)N1C[C@H](C)N(c2nc(=O)n(-c3c(C4CC4)cccc3S(C)(=O)=O)c3nc(-c4c(O)cccc4F)c(Cl)cc23)C[C@H]1C. The molecule has 2 atom stereocenters. The second-order valence-electron chi connectivity index (χ2n) is 11.7. The average Bonchev–Trinajstić information content (AvgIpc) is 3.83. The van der Waals surface area contributed by atoms with Crippen LogP contribution in [0.4, 0.5) is 10.2 Å². The van der Waals surface area contributed by atoms with E-state index in [1.807, 2.05) is 18.7 Å². The summed E-state index contributed by atoms with van der Waals surface area (Å²) in [5.41, 5.74) is -0.399. The van der Waals surface area contributed by atoms with Crippen molar-refractivity contribution in [3.05, 3.63) is 82.0 Å². The number of halogens is 2. The van der Waals surface area contributed by atoms with E-state index in [-0.39, 0.29) is 62.2 Å². The van der Waals surface area contributed by atoms with Crippen LogP contribution in [-0.2, 0) is 14.6 Å². The number of phenols is 1. The van der Waals surface area contributed by atoms with Gasteiger partial charge in [-0.15, -0.1) is 0 Å². The normalized spacial score (nSPS) is 18.8. The molecule has 45 heavy (non-hydrogen) atoms. The van der Waals surface area contributed by atoms with E-state index in [1.54, 1.807) is 17.0 Å². The first-order valence-electron chi connectivity index (χ1n) is 14.5. The number of carbonyl (C=O) groups is 1. The van der Waals surface area contributed by atoms with E-state index in [4.69, 9.17) is 16.6 Å². The molecule has 2 aliphatic rings. The summed E-state index contributed by atoms with van der Waals surface area (Å²) in [6.07, 6.45) is 3.95. The maximum atomic E-state index is 15.1. The van der Waals surface area contributed by atoms with Crippen molar-refractivity contribution in [2.75, 3.05) is 24.2 Å². The predicted molar refractivity (Wildman–Crippen MR) is 170 cm³/mol. The van der Waals surface area contributed by atoms with Gasteiger partial charge in [-0.1, -0.05) is 36.4 Å². The third kappa shape index (κ3) is 5.35. The van der Waals surface area contributed by atoms with E-state index < -0.39 is 27.1 Å². The minimum Gasteiger partial charge on any atom is -0.507 e. The summed E-state index contributed by atoms with van der Waals surface area (Å²) in [6, 6.07) is 9.58. The van der Waals surface area contributed by atoms with Crippen LogP contribution in [0.5, 0.6) is 5.75 Å². The lowest BCUT2D eigenvalue weighted by Crippen LogP contribution is -2.58. The molecular formula is C32H31ClFN5O5S. The van der Waals surface area contributed by atoms with E-state index >= 15 is 4.39 Å². The Kier molecular flexibility index (Phi) is 7.68. The molecule has 1 aliphatic heterocycles. The van der Waals surface area contributed by atoms with Crippen molar-refractivity contribution in [3.63, 3.8) is 0 Å². The van der Waals surface area contributed by atoms with Crippen LogP contribution in [0.15, 0.2) is 64.8 Å². The Morgan fingerprint density at radius 2 is 1.82 bits per heavy atom. The highest BCUT2D eigenvalue weighted by atomic mass is 35.5. The Hall–Kier alpha value is -4.29. The fourth-order valence-corrected chi connectivity index (χ4v) is 7.23. The molecule has 1 aliphatic carbocycles. The minimum absolute atomic E-state index is 0.00509. The number of hydrogen-bond acceptors (Lipinski definition) is 8. The minimum atomic E-state index is -3.84. The Morgan fingerprint density at radius 3 is 2.47 bits per heavy atom. The molecule has 2 fully saturated rings. The lowest BCUT2D eigenvalue weighted by molar-refractivity contribution is -0.128. The predicted octanol–water partition coefficient (Wildman–Crippen LogP) is 4.84. The molecule has 0 radical (unpaired) electrons. The first-order chi connectivity index (χ1) is 21.3. The quantitative estimate of drug-likeness (QED) is 0.294. The molecule has 1 N–H and O–H groups in total. The number of phenolic OH excluding ortho intramolecular Hbond substituents is 1. The van der Waals surface area contributed by atoms with Crippen LogP contribution >= 0.6 is 11.6 Å². The molecule has 1 amide bonds. The van der Waals surface area contributed by atoms with E-state index in [0.29, 0.717) is 24.0 Å². The van der Waals surface area contributed by atoms with Crippen molar-refractivity contribution in [2.24, 2.45) is 0 Å². The molecule has 0 bridgehead atoms. The summed E-state index contributed by atoms with van der Waals surface area (Å²) in [4.78, 5) is 39.4. The van der Waals surface area contributed by atoms with E-state index in [2.05, 4.69) is 11.6 Å². The molecule has 2 aromatic heterocycles. The van der Waals surface area contributed by atoms with Crippen LogP contribution < -0.4 is 10.6 Å². The number of benzene rings is 2. The standard InChI is InChI=1S/C32H31ClFN5O5S/c1-5-26(41)37-15-18(3)38(16-17(37)2)30-21-14-22(33)28(27-23(34)9-7-10-24(27)40)35-31(21)39(32(42)36-30)29-20(19-12-13-19)8-6-11-25(29)45(4,43)44/h5-11,14,17-19,40H,1,12-13,15-16H2,2-4H3/t17-,18+/m1/s1. The number of amides is 1. The topological polar surface area (TPSA) is 126 Å². The number of aromatic nitrogens is 3. The van der Waals surface area contributed by atoms with Gasteiger partial charge in [-0.25, -0.2) is 27.2 Å². The highest BCUT2D eigenvalue weighted by molar-refractivity contribution is 7.90. The number of piperazine rings is 1. The zero-order chi connectivity index (χ0) is 32.4. The van der Waals surface area contributed by atoms with E-state index in [9.17, 15) is 23.1 Å². The molecule has 10 nitrogen and oxygen atoms in total. The Labute approximate surface area is 264 Å². The Morgan fingerprint density at radius 1 is 1.11 bits per heavy atom. The van der Waals surface area contributed by atoms with Gasteiger partial charge in [0.05, 0.1) is 32.2 Å². The highest BCUT2D eigenvalue weighted by Gasteiger charge is 2.36. The molecule has 4 aromatic rings. The summed E-state index contributed by atoms with van der Waals surface area (Å²) >= 11 is 6.74. The number of nitrogens with zero attached hydrogens (tertiary/aromatic N) is 5. The van der Waals surface area contributed by atoms with Gasteiger partial charge in [-0.05, 0) is 68.5 Å². The van der Waals surface area contributed by atoms with Crippen LogP contribution in [0.2, 0.25) is 5.02 Å². The van der Waals surface area contributed by atoms with Crippen molar-refractivity contribution < 1.29 is 22.7 Å². The smallest absolute Gasteiger partial charge is 0.355 e. The monoisotopic (exact) mass is 651 g/mol. The van der Waals surface area contributed by atoms with Crippen molar-refractivity contribution in [3.8, 4) is 22.7 Å². The number of carbonyl (C=O) groups excluding carboxylic acids is 1. The van der Waals surface area contributed by atoms with Crippen molar-refractivity contribution in [1.82, 2.24) is 19.4 Å². The van der Waals surface area contributed by atoms with Crippen molar-refractivity contribution in [2.45, 2.75) is 49.6 Å². The molecule has 234 valence electrons. The maximum Gasteiger partial charge on any atom is 0.355 e. The lowest BCUT2D eigenvalue weighted by atomic mass is 10.1. The summed E-state index contributed by atoms with van der Waals surface area (Å²) in [7, 11) is -3.84. The number of rotatable bonds is 6. The van der Waals surface area contributed by atoms with Gasteiger partial charge in [-0.2, -0.15) is 4.98 Å². The molecule has 0 unspecified atom stereocenters. The first kappa shape index (κ1) is 30.7. The summed E-state index contributed by atoms with van der Waals surface area (Å²) < 4.78 is 42.5. The molecule has 0 spiro atoms. The largest absolute Gasteiger partial charge is 0.507 e. The fourth-order valence-electron chi connectivity index (χ4n) is 6.10. The van der Waals surface area contributed by atoms with Crippen molar-refractivity contribution in [1.29, 1.82) is 0 Å². The second-order valence-corrected chi connectivity index (χ2v) is 14.1. The Bertz CT molecular complexity index is 2040. The van der Waals surface area contributed by atoms with Gasteiger partial charge in [0.25, 0.3) is 0 Å². The van der Waals surface area contributed by atoms with Crippen LogP contribution in [0.1, 0.15) is 38.2 Å². The van der Waals surface area contributed by atoms with Gasteiger partial charge in [0, 0.05) is 31.4 Å². The van der Waals surface area contributed by atoms with E-state index in [1.165, 1.54) is 30.3 Å². The maximum absolute atomic E-state index is 15.1. The molecule has 2 aromatic carbocycles. The molecule has 13 heteroatoms. The van der Waals surface area contributed by atoms with Gasteiger partial charge in [0.1, 0.15) is 17.4 Å². The van der Waals surface area contributed by atoms with Crippen LogP contribution in [-0.4, -0.2) is 70.3 Å². The molecule has 6 rings (SSSR count). The molecule has 3 heterocycles. The Balaban J connectivity index is 1.69. The zero-order valence-electron chi connectivity index (χ0n) is 24.9. The van der Waals surface area contributed by atoms with Crippen LogP contribution in [0, 0.1) is 5.82 Å². The van der Waals surface area contributed by atoms with Gasteiger partial charge in [-0.3, -0.25) is 4.79 Å². The third-order valence-corrected chi connectivity index (χ3v) is 9.83. The first-order valence-corrected chi connectivity index (χ1v) is 16.7. The molecular weight excluding hydrogens is 621 g/mol. The number of fused-ring (bicyclic) bond motifs is 1. The van der Waals surface area contributed by atoms with Gasteiger partial charge in [0.2, 0.25) is 5.91 Å². The van der Waals surface area contributed by atoms with Gasteiger partial charge >= 0.3 is 5.69 Å². The average molecular weight is 652 g/mol. The van der Waals surface area contributed by atoms with E-state index in [0.717, 1.165) is 29.7 Å². The third-order valence-electron chi connectivity index (χ3n) is 8.42. The summed E-state index contributed by atoms with van der Waals surface area (Å²) in [5.74, 6) is -1.15. The number of aromatic hydroxyl groups is 1. The highest BCUT2D eigenvalue weighted by Crippen LogP contribution is 2.45. The lowest BCUT2D eigenvalue weighted by Gasteiger charge is -2.44. The van der Waals surface area contributed by atoms with Gasteiger partial charge in [0.15, 0.2) is 15.5 Å². The number of pyridine rings is 1.